The van der Waals surface area contributed by atoms with E-state index in [4.69, 9.17) is 5.73 Å². The molecule has 0 aromatic heterocycles. The van der Waals surface area contributed by atoms with Crippen molar-refractivity contribution in [2.24, 2.45) is 11.7 Å². The highest BCUT2D eigenvalue weighted by atomic mass is 32.2. The Kier molecular flexibility index (Phi) is 4.74. The van der Waals surface area contributed by atoms with E-state index in [2.05, 4.69) is 0 Å². The third-order valence-corrected chi connectivity index (χ3v) is 5.68. The average molecular weight is 277 g/mol. The largest absolute Gasteiger partial charge is 0.348 e. The van der Waals surface area contributed by atoms with Gasteiger partial charge >= 0.3 is 0 Å². The highest BCUT2D eigenvalue weighted by molar-refractivity contribution is 7.90. The Labute approximate surface area is 109 Å². The Morgan fingerprint density at radius 3 is 2.44 bits per heavy atom. The Morgan fingerprint density at radius 1 is 1.44 bits per heavy atom. The van der Waals surface area contributed by atoms with Crippen LogP contribution >= 0.6 is 0 Å². The van der Waals surface area contributed by atoms with Crippen LogP contribution < -0.4 is 5.73 Å². The molecule has 0 aliphatic carbocycles. The van der Waals surface area contributed by atoms with Gasteiger partial charge < -0.3 is 10.6 Å². The van der Waals surface area contributed by atoms with Crippen molar-refractivity contribution in [3.05, 3.63) is 0 Å². The second kappa shape index (κ2) is 5.54. The van der Waals surface area contributed by atoms with Crippen molar-refractivity contribution in [3.8, 4) is 0 Å². The zero-order chi connectivity index (χ0) is 14.1. The molecule has 0 saturated carbocycles. The van der Waals surface area contributed by atoms with Crippen LogP contribution in [0, 0.1) is 5.92 Å². The molecule has 1 rings (SSSR count). The van der Waals surface area contributed by atoms with Gasteiger partial charge in [-0.15, -0.1) is 0 Å². The molecule has 1 amide bonds. The molecule has 18 heavy (non-hydrogen) atoms. The highest BCUT2D eigenvalue weighted by Gasteiger charge is 2.37. The van der Waals surface area contributed by atoms with E-state index in [1.54, 1.807) is 14.1 Å². The van der Waals surface area contributed by atoms with Crippen LogP contribution in [0.2, 0.25) is 0 Å². The molecular weight excluding hydrogens is 254 g/mol. The Hall–Kier alpha value is -0.660. The normalized spacial score (nSPS) is 27.8. The summed E-state index contributed by atoms with van der Waals surface area (Å²) < 4.78 is 26.0. The van der Waals surface area contributed by atoms with Crippen molar-refractivity contribution >= 4 is 15.9 Å². The van der Waals surface area contributed by atoms with Gasteiger partial charge in [0.05, 0.1) is 0 Å². The van der Waals surface area contributed by atoms with E-state index < -0.39 is 21.2 Å². The van der Waals surface area contributed by atoms with Gasteiger partial charge in [0.25, 0.3) is 0 Å². The van der Waals surface area contributed by atoms with Crippen molar-refractivity contribution < 1.29 is 13.2 Å². The number of hydrogen-bond acceptors (Lipinski definition) is 4. The fourth-order valence-corrected chi connectivity index (χ4v) is 3.79. The first-order chi connectivity index (χ1) is 8.17. The standard InChI is InChI=1S/C11H23N3O3S/c1-8-7-14(6-5-10(8)12)18(16,17)9(2)11(15)13(3)4/h8-10H,5-7,12H2,1-4H3. The number of amides is 1. The molecule has 1 saturated heterocycles. The number of sulfonamides is 1. The van der Waals surface area contributed by atoms with E-state index in [0.29, 0.717) is 19.5 Å². The van der Waals surface area contributed by atoms with Crippen molar-refractivity contribution in [1.29, 1.82) is 0 Å². The van der Waals surface area contributed by atoms with Gasteiger partial charge in [0.15, 0.2) is 5.25 Å². The Morgan fingerprint density at radius 2 is 2.00 bits per heavy atom. The average Bonchev–Trinajstić information content (AvgIpc) is 2.30. The van der Waals surface area contributed by atoms with Crippen LogP contribution in [0.4, 0.5) is 0 Å². The molecule has 2 N–H and O–H groups in total. The van der Waals surface area contributed by atoms with E-state index in [1.807, 2.05) is 6.92 Å². The molecule has 0 aromatic carbocycles. The van der Waals surface area contributed by atoms with Gasteiger partial charge in [-0.3, -0.25) is 4.79 Å². The minimum Gasteiger partial charge on any atom is -0.348 e. The summed E-state index contributed by atoms with van der Waals surface area (Å²) >= 11 is 0. The van der Waals surface area contributed by atoms with Gasteiger partial charge in [0, 0.05) is 33.2 Å². The lowest BCUT2D eigenvalue weighted by atomic mass is 9.96. The third kappa shape index (κ3) is 3.02. The Balaban J connectivity index is 2.84. The van der Waals surface area contributed by atoms with Crippen LogP contribution in [-0.4, -0.2) is 62.0 Å². The number of nitrogens with zero attached hydrogens (tertiary/aromatic N) is 2. The molecule has 3 atom stereocenters. The summed E-state index contributed by atoms with van der Waals surface area (Å²) in [5.41, 5.74) is 5.87. The van der Waals surface area contributed by atoms with Crippen molar-refractivity contribution in [1.82, 2.24) is 9.21 Å². The number of carbonyl (C=O) groups is 1. The van der Waals surface area contributed by atoms with E-state index in [0.717, 1.165) is 0 Å². The maximum Gasteiger partial charge on any atom is 0.241 e. The lowest BCUT2D eigenvalue weighted by Gasteiger charge is -2.35. The first-order valence-electron chi connectivity index (χ1n) is 6.13. The number of nitrogens with two attached hydrogens (primary N) is 1. The molecule has 0 aromatic rings. The number of carbonyl (C=O) groups excluding carboxylic acids is 1. The lowest BCUT2D eigenvalue weighted by molar-refractivity contribution is -0.128. The van der Waals surface area contributed by atoms with E-state index in [9.17, 15) is 13.2 Å². The van der Waals surface area contributed by atoms with Gasteiger partial charge in [0.2, 0.25) is 15.9 Å². The fraction of sp³-hybridized carbons (Fsp3) is 0.909. The summed E-state index contributed by atoms with van der Waals surface area (Å²) in [7, 11) is -0.459. The molecule has 6 nitrogen and oxygen atoms in total. The summed E-state index contributed by atoms with van der Waals surface area (Å²) in [6.07, 6.45) is 0.642. The highest BCUT2D eigenvalue weighted by Crippen LogP contribution is 2.20. The van der Waals surface area contributed by atoms with Crippen molar-refractivity contribution in [2.45, 2.75) is 31.6 Å². The molecule has 0 spiro atoms. The van der Waals surface area contributed by atoms with Gasteiger partial charge in [0.1, 0.15) is 0 Å². The van der Waals surface area contributed by atoms with E-state index in [1.165, 1.54) is 16.1 Å². The molecule has 1 fully saturated rings. The summed E-state index contributed by atoms with van der Waals surface area (Å²) in [6, 6.07) is 0.0382. The maximum absolute atomic E-state index is 12.3. The summed E-state index contributed by atoms with van der Waals surface area (Å²) in [4.78, 5) is 13.1. The maximum atomic E-state index is 12.3. The second-order valence-electron chi connectivity index (χ2n) is 5.21. The quantitative estimate of drug-likeness (QED) is 0.751. The van der Waals surface area contributed by atoms with Crippen LogP contribution in [0.15, 0.2) is 0 Å². The number of rotatable bonds is 3. The monoisotopic (exact) mass is 277 g/mol. The SMILES string of the molecule is CC1CN(S(=O)(=O)C(C)C(=O)N(C)C)CCC1N. The van der Waals surface area contributed by atoms with Gasteiger partial charge in [-0.1, -0.05) is 6.92 Å². The van der Waals surface area contributed by atoms with Gasteiger partial charge in [-0.25, -0.2) is 12.7 Å². The summed E-state index contributed by atoms with van der Waals surface area (Å²) in [6.45, 7) is 4.18. The molecule has 106 valence electrons. The van der Waals surface area contributed by atoms with Gasteiger partial charge in [-0.2, -0.15) is 0 Å². The number of piperidine rings is 1. The first-order valence-corrected chi connectivity index (χ1v) is 7.64. The zero-order valence-corrected chi connectivity index (χ0v) is 12.3. The minimum atomic E-state index is -3.58. The Bertz CT molecular complexity index is 408. The van der Waals surface area contributed by atoms with E-state index >= 15 is 0 Å². The molecule has 7 heteroatoms. The predicted molar refractivity (Wildman–Crippen MR) is 70.4 cm³/mol. The molecular formula is C11H23N3O3S. The number of hydrogen-bond donors (Lipinski definition) is 1. The molecule has 0 radical (unpaired) electrons. The van der Waals surface area contributed by atoms with E-state index in [-0.39, 0.29) is 12.0 Å². The smallest absolute Gasteiger partial charge is 0.241 e. The van der Waals surface area contributed by atoms with Crippen LogP contribution in [0.25, 0.3) is 0 Å². The molecule has 0 bridgehead atoms. The first kappa shape index (κ1) is 15.4. The molecule has 1 aliphatic rings. The third-order valence-electron chi connectivity index (χ3n) is 3.53. The summed E-state index contributed by atoms with van der Waals surface area (Å²) in [5, 5.41) is -1.03. The van der Waals surface area contributed by atoms with Gasteiger partial charge in [-0.05, 0) is 19.3 Å². The minimum absolute atomic E-state index is 0.0382. The molecule has 1 aliphatic heterocycles. The zero-order valence-electron chi connectivity index (χ0n) is 11.5. The summed E-state index contributed by atoms with van der Waals surface area (Å²) in [5.74, 6) is -0.271. The lowest BCUT2D eigenvalue weighted by Crippen LogP contribution is -2.52. The van der Waals surface area contributed by atoms with Crippen LogP contribution in [-0.2, 0) is 14.8 Å². The fourth-order valence-electron chi connectivity index (χ4n) is 2.07. The van der Waals surface area contributed by atoms with Crippen LogP contribution in [0.5, 0.6) is 0 Å². The molecule has 1 heterocycles. The predicted octanol–water partition coefficient (Wildman–Crippen LogP) is -0.538. The van der Waals surface area contributed by atoms with Crippen molar-refractivity contribution in [2.75, 3.05) is 27.2 Å². The topological polar surface area (TPSA) is 83.7 Å². The second-order valence-corrected chi connectivity index (χ2v) is 7.46. The molecule has 3 unspecified atom stereocenters. The van der Waals surface area contributed by atoms with Crippen molar-refractivity contribution in [3.63, 3.8) is 0 Å². The van der Waals surface area contributed by atoms with Crippen LogP contribution in [0.3, 0.4) is 0 Å². The van der Waals surface area contributed by atoms with Crippen LogP contribution in [0.1, 0.15) is 20.3 Å².